The summed E-state index contributed by atoms with van der Waals surface area (Å²) in [5.74, 6) is 0. The van der Waals surface area contributed by atoms with Crippen LogP contribution in [0.4, 0.5) is 5.69 Å². The van der Waals surface area contributed by atoms with Crippen LogP contribution in [0.2, 0.25) is 0 Å². The Morgan fingerprint density at radius 3 is 2.45 bits per heavy atom. The van der Waals surface area contributed by atoms with Gasteiger partial charge in [0.1, 0.15) is 0 Å². The van der Waals surface area contributed by atoms with Crippen LogP contribution in [-0.4, -0.2) is 34.7 Å². The van der Waals surface area contributed by atoms with E-state index in [9.17, 15) is 8.42 Å². The summed E-state index contributed by atoms with van der Waals surface area (Å²) in [6, 6.07) is 9.86. The number of benzene rings is 1. The van der Waals surface area contributed by atoms with Crippen LogP contribution in [0.15, 0.2) is 30.3 Å². The Labute approximate surface area is 139 Å². The molecule has 1 aliphatic carbocycles. The van der Waals surface area contributed by atoms with Gasteiger partial charge in [0.15, 0.2) is 0 Å². The fourth-order valence-corrected chi connectivity index (χ4v) is 3.56. The number of anilines is 1. The Bertz CT molecular complexity index is 519. The molecule has 0 unspecified atom stereocenters. The molecule has 5 nitrogen and oxygen atoms in total. The molecule has 1 aromatic rings. The molecule has 0 saturated heterocycles. The fraction of sp³-hybridized carbons (Fsp3) is 0.600. The molecule has 0 aromatic heterocycles. The van der Waals surface area contributed by atoms with Crippen molar-refractivity contribution in [1.29, 1.82) is 0 Å². The molecular weight excluding hydrogens is 324 g/mol. The monoisotopic (exact) mass is 348 g/mol. The minimum Gasteiger partial charge on any atom is -0.372 e. The zero-order valence-corrected chi connectivity index (χ0v) is 14.5. The first-order chi connectivity index (χ1) is 10.1. The third-order valence-electron chi connectivity index (χ3n) is 3.78. The number of likely N-dealkylation sites (N-methyl/N-ethyl adjacent to an activating group) is 1. The van der Waals surface area contributed by atoms with Crippen LogP contribution in [0.25, 0.3) is 0 Å². The van der Waals surface area contributed by atoms with E-state index in [1.807, 2.05) is 42.3 Å². The lowest BCUT2D eigenvalue weighted by atomic mass is 9.96. The largest absolute Gasteiger partial charge is 0.372 e. The van der Waals surface area contributed by atoms with Crippen molar-refractivity contribution in [2.24, 2.45) is 0 Å². The second-order valence-electron chi connectivity index (χ2n) is 5.49. The molecule has 22 heavy (non-hydrogen) atoms. The van der Waals surface area contributed by atoms with E-state index in [-0.39, 0.29) is 25.1 Å². The number of halogens is 1. The summed E-state index contributed by atoms with van der Waals surface area (Å²) in [6.07, 6.45) is 5.19. The van der Waals surface area contributed by atoms with Crippen molar-refractivity contribution in [3.8, 4) is 0 Å². The molecule has 0 aliphatic heterocycles. The van der Waals surface area contributed by atoms with Crippen LogP contribution in [-0.2, 0) is 14.5 Å². The number of rotatable bonds is 7. The highest BCUT2D eigenvalue weighted by atomic mass is 35.5. The zero-order chi connectivity index (χ0) is 15.1. The minimum absolute atomic E-state index is 0. The van der Waals surface area contributed by atoms with Gasteiger partial charge in [-0.25, -0.2) is 0 Å². The lowest BCUT2D eigenvalue weighted by molar-refractivity contribution is 0.305. The molecule has 0 spiro atoms. The molecule has 2 rings (SSSR count). The average molecular weight is 349 g/mol. The Hall–Kier alpha value is -0.820. The summed E-state index contributed by atoms with van der Waals surface area (Å²) in [4.78, 5) is 1.97. The van der Waals surface area contributed by atoms with E-state index < -0.39 is 10.3 Å². The van der Waals surface area contributed by atoms with Gasteiger partial charge in [-0.15, -0.1) is 12.4 Å². The molecular formula is C15H25ClN2O3S. The van der Waals surface area contributed by atoms with Crippen LogP contribution >= 0.6 is 12.4 Å². The number of nitrogens with zero attached hydrogens (tertiary/aromatic N) is 1. The van der Waals surface area contributed by atoms with Crippen molar-refractivity contribution in [1.82, 2.24) is 4.72 Å². The second kappa shape index (κ2) is 9.35. The van der Waals surface area contributed by atoms with Gasteiger partial charge in [0.05, 0.1) is 6.61 Å². The van der Waals surface area contributed by atoms with E-state index in [1.54, 1.807) is 0 Å². The average Bonchev–Trinajstić information content (AvgIpc) is 2.48. The van der Waals surface area contributed by atoms with Gasteiger partial charge in [0, 0.05) is 25.3 Å². The molecule has 1 aliphatic rings. The van der Waals surface area contributed by atoms with Gasteiger partial charge < -0.3 is 4.90 Å². The Balaban J connectivity index is 0.00000242. The molecule has 7 heteroatoms. The lowest BCUT2D eigenvalue weighted by Gasteiger charge is -2.23. The van der Waals surface area contributed by atoms with Crippen LogP contribution in [0.1, 0.15) is 32.1 Å². The predicted molar refractivity (Wildman–Crippen MR) is 91.8 cm³/mol. The minimum atomic E-state index is -3.64. The summed E-state index contributed by atoms with van der Waals surface area (Å²) in [7, 11) is -1.72. The van der Waals surface area contributed by atoms with E-state index in [0.717, 1.165) is 31.4 Å². The molecule has 126 valence electrons. The number of hydrogen-bond donors (Lipinski definition) is 1. The fourth-order valence-electron chi connectivity index (χ4n) is 2.55. The van der Waals surface area contributed by atoms with Crippen molar-refractivity contribution < 1.29 is 12.6 Å². The van der Waals surface area contributed by atoms with E-state index in [2.05, 4.69) is 4.72 Å². The lowest BCUT2D eigenvalue weighted by Crippen LogP contribution is -2.38. The maximum absolute atomic E-state index is 11.9. The van der Waals surface area contributed by atoms with Crippen molar-refractivity contribution >= 4 is 28.4 Å². The smallest absolute Gasteiger partial charge is 0.336 e. The Morgan fingerprint density at radius 1 is 1.18 bits per heavy atom. The number of nitrogens with one attached hydrogen (secondary N) is 1. The molecule has 0 atom stereocenters. The Morgan fingerprint density at radius 2 is 1.82 bits per heavy atom. The van der Waals surface area contributed by atoms with Crippen molar-refractivity contribution in [2.45, 2.75) is 38.1 Å². The molecule has 0 bridgehead atoms. The summed E-state index contributed by atoms with van der Waals surface area (Å²) in [5, 5.41) is 0. The predicted octanol–water partition coefficient (Wildman–Crippen LogP) is 2.73. The first-order valence-corrected chi connectivity index (χ1v) is 8.90. The molecule has 0 radical (unpaired) electrons. The SMILES string of the molecule is CN(CCOS(=O)(=O)NC1CCCCC1)c1ccccc1.Cl. The first-order valence-electron chi connectivity index (χ1n) is 7.50. The second-order valence-corrected chi connectivity index (χ2v) is 6.87. The normalized spacial score (nSPS) is 16.0. The van der Waals surface area contributed by atoms with Crippen LogP contribution in [0.3, 0.4) is 0 Å². The molecule has 1 N–H and O–H groups in total. The summed E-state index contributed by atoms with van der Waals surface area (Å²) >= 11 is 0. The quantitative estimate of drug-likeness (QED) is 0.823. The number of hydrogen-bond acceptors (Lipinski definition) is 4. The third kappa shape index (κ3) is 6.52. The topological polar surface area (TPSA) is 58.6 Å². The van der Waals surface area contributed by atoms with Gasteiger partial charge in [0.2, 0.25) is 0 Å². The highest BCUT2D eigenvalue weighted by Gasteiger charge is 2.20. The molecule has 0 heterocycles. The molecule has 1 fully saturated rings. The molecule has 0 amide bonds. The van der Waals surface area contributed by atoms with E-state index in [0.29, 0.717) is 6.54 Å². The standard InChI is InChI=1S/C15H24N2O3S.ClH/c1-17(15-10-6-3-7-11-15)12-13-20-21(18,19)16-14-8-4-2-5-9-14;/h3,6-7,10-11,14,16H,2,4-5,8-9,12-13H2,1H3;1H. The zero-order valence-electron chi connectivity index (χ0n) is 12.9. The van der Waals surface area contributed by atoms with Gasteiger partial charge in [0.25, 0.3) is 0 Å². The van der Waals surface area contributed by atoms with Crippen LogP contribution in [0, 0.1) is 0 Å². The van der Waals surface area contributed by atoms with Gasteiger partial charge in [-0.2, -0.15) is 13.1 Å². The van der Waals surface area contributed by atoms with Crippen molar-refractivity contribution in [3.05, 3.63) is 30.3 Å². The van der Waals surface area contributed by atoms with E-state index in [4.69, 9.17) is 4.18 Å². The highest BCUT2D eigenvalue weighted by molar-refractivity contribution is 7.84. The summed E-state index contributed by atoms with van der Waals surface area (Å²) < 4.78 is 31.4. The summed E-state index contributed by atoms with van der Waals surface area (Å²) in [6.45, 7) is 0.670. The van der Waals surface area contributed by atoms with Gasteiger partial charge in [-0.3, -0.25) is 4.18 Å². The maximum Gasteiger partial charge on any atom is 0.336 e. The third-order valence-corrected chi connectivity index (χ3v) is 4.88. The van der Waals surface area contributed by atoms with Gasteiger partial charge >= 0.3 is 10.3 Å². The van der Waals surface area contributed by atoms with Crippen molar-refractivity contribution in [3.63, 3.8) is 0 Å². The van der Waals surface area contributed by atoms with Gasteiger partial charge in [-0.1, -0.05) is 37.5 Å². The molecule has 1 aromatic carbocycles. The van der Waals surface area contributed by atoms with Gasteiger partial charge in [-0.05, 0) is 25.0 Å². The van der Waals surface area contributed by atoms with Crippen molar-refractivity contribution in [2.75, 3.05) is 25.1 Å². The summed E-state index contributed by atoms with van der Waals surface area (Å²) in [5.41, 5.74) is 1.04. The van der Waals surface area contributed by atoms with E-state index in [1.165, 1.54) is 6.42 Å². The van der Waals surface area contributed by atoms with Crippen LogP contribution in [0.5, 0.6) is 0 Å². The number of para-hydroxylation sites is 1. The highest BCUT2D eigenvalue weighted by Crippen LogP contribution is 2.18. The maximum atomic E-state index is 11.9. The first kappa shape index (κ1) is 19.2. The molecule has 1 saturated carbocycles. The Kier molecular flexibility index (Phi) is 8.17. The van der Waals surface area contributed by atoms with E-state index >= 15 is 0 Å². The van der Waals surface area contributed by atoms with Crippen LogP contribution < -0.4 is 9.62 Å².